The molecule has 1 aromatic carbocycles. The molecule has 1 unspecified atom stereocenters. The van der Waals surface area contributed by atoms with Crippen molar-refractivity contribution < 1.29 is 4.79 Å². The summed E-state index contributed by atoms with van der Waals surface area (Å²) in [6, 6.07) is 5.18. The number of H-pyrrole nitrogens is 1. The number of aromatic amines is 1. The number of hydrogen-bond acceptors (Lipinski definition) is 2. The third kappa shape index (κ3) is 2.90. The fraction of sp³-hybridized carbons (Fsp3) is 0.231. The largest absolute Gasteiger partial charge is 0.345 e. The molecule has 1 heterocycles. The maximum absolute atomic E-state index is 12.1. The minimum Gasteiger partial charge on any atom is -0.345 e. The fourth-order valence-corrected chi connectivity index (χ4v) is 2.02. The van der Waals surface area contributed by atoms with Crippen LogP contribution in [0.4, 0.5) is 0 Å². The second kappa shape index (κ2) is 5.23. The number of aromatic nitrogens is 2. The van der Waals surface area contributed by atoms with Gasteiger partial charge in [0.25, 0.3) is 5.91 Å². The van der Waals surface area contributed by atoms with E-state index in [1.54, 1.807) is 18.5 Å². The highest BCUT2D eigenvalue weighted by atomic mass is 35.5. The first-order chi connectivity index (χ1) is 8.56. The van der Waals surface area contributed by atoms with Crippen LogP contribution < -0.4 is 5.32 Å². The van der Waals surface area contributed by atoms with Gasteiger partial charge in [-0.1, -0.05) is 11.6 Å². The molecule has 1 amide bonds. The fourth-order valence-electron chi connectivity index (χ4n) is 1.73. The molecular formula is C13H14ClN3O. The number of carbonyl (C=O) groups is 1. The van der Waals surface area contributed by atoms with Crippen molar-refractivity contribution >= 4 is 17.5 Å². The molecule has 2 N–H and O–H groups in total. The van der Waals surface area contributed by atoms with Crippen LogP contribution in [-0.2, 0) is 0 Å². The zero-order chi connectivity index (χ0) is 13.1. The summed E-state index contributed by atoms with van der Waals surface area (Å²) in [6.45, 7) is 3.81. The molecule has 1 aromatic heterocycles. The number of halogens is 1. The van der Waals surface area contributed by atoms with Gasteiger partial charge in [0.1, 0.15) is 0 Å². The minimum absolute atomic E-state index is 0.101. The summed E-state index contributed by atoms with van der Waals surface area (Å²) in [5.74, 6) is -0.144. The zero-order valence-electron chi connectivity index (χ0n) is 10.2. The van der Waals surface area contributed by atoms with E-state index in [1.807, 2.05) is 26.0 Å². The van der Waals surface area contributed by atoms with Crippen LogP contribution in [-0.4, -0.2) is 16.1 Å². The maximum Gasteiger partial charge on any atom is 0.251 e. The lowest BCUT2D eigenvalue weighted by molar-refractivity contribution is 0.0940. The molecule has 0 fully saturated rings. The number of carbonyl (C=O) groups excluding carboxylic acids is 1. The Hall–Kier alpha value is -1.81. The van der Waals surface area contributed by atoms with Crippen molar-refractivity contribution in [1.82, 2.24) is 15.5 Å². The molecule has 0 aliphatic rings. The van der Waals surface area contributed by atoms with Gasteiger partial charge < -0.3 is 5.32 Å². The van der Waals surface area contributed by atoms with Crippen LogP contribution in [0.25, 0.3) is 0 Å². The molecule has 2 aromatic rings. The molecule has 0 spiro atoms. The highest BCUT2D eigenvalue weighted by Crippen LogP contribution is 2.16. The molecule has 0 aliphatic heterocycles. The van der Waals surface area contributed by atoms with Gasteiger partial charge in [-0.3, -0.25) is 9.89 Å². The molecule has 0 bridgehead atoms. The van der Waals surface area contributed by atoms with Crippen molar-refractivity contribution in [2.75, 3.05) is 0 Å². The summed E-state index contributed by atoms with van der Waals surface area (Å²) < 4.78 is 0. The van der Waals surface area contributed by atoms with Crippen molar-refractivity contribution in [1.29, 1.82) is 0 Å². The Bertz CT molecular complexity index is 531. The summed E-state index contributed by atoms with van der Waals surface area (Å²) in [5, 5.41) is 10.0. The summed E-state index contributed by atoms with van der Waals surface area (Å²) in [6.07, 6.45) is 3.45. The van der Waals surface area contributed by atoms with Crippen molar-refractivity contribution in [2.24, 2.45) is 0 Å². The van der Waals surface area contributed by atoms with Gasteiger partial charge in [0, 0.05) is 22.3 Å². The van der Waals surface area contributed by atoms with E-state index in [0.717, 1.165) is 11.1 Å². The molecule has 2 rings (SSSR count). The Morgan fingerprint density at radius 1 is 1.44 bits per heavy atom. The van der Waals surface area contributed by atoms with Gasteiger partial charge in [-0.25, -0.2) is 0 Å². The molecular weight excluding hydrogens is 250 g/mol. The van der Waals surface area contributed by atoms with Gasteiger partial charge in [0.2, 0.25) is 0 Å². The van der Waals surface area contributed by atoms with Crippen molar-refractivity contribution in [3.63, 3.8) is 0 Å². The highest BCUT2D eigenvalue weighted by molar-refractivity contribution is 6.31. The number of rotatable bonds is 3. The lowest BCUT2D eigenvalue weighted by Crippen LogP contribution is -2.26. The number of hydrogen-bond donors (Lipinski definition) is 2. The first-order valence-electron chi connectivity index (χ1n) is 5.63. The molecule has 0 radical (unpaired) electrons. The van der Waals surface area contributed by atoms with Crippen LogP contribution in [0.3, 0.4) is 0 Å². The van der Waals surface area contributed by atoms with Crippen LogP contribution >= 0.6 is 11.6 Å². The number of benzene rings is 1. The summed E-state index contributed by atoms with van der Waals surface area (Å²) in [7, 11) is 0. The number of aryl methyl sites for hydroxylation is 1. The highest BCUT2D eigenvalue weighted by Gasteiger charge is 2.12. The summed E-state index contributed by atoms with van der Waals surface area (Å²) in [5.41, 5.74) is 2.46. The van der Waals surface area contributed by atoms with Gasteiger partial charge >= 0.3 is 0 Å². The Balaban J connectivity index is 2.12. The second-order valence-electron chi connectivity index (χ2n) is 4.24. The van der Waals surface area contributed by atoms with E-state index in [2.05, 4.69) is 15.5 Å². The maximum atomic E-state index is 12.1. The lowest BCUT2D eigenvalue weighted by Gasteiger charge is -2.12. The van der Waals surface area contributed by atoms with E-state index in [4.69, 9.17) is 11.6 Å². The first-order valence-corrected chi connectivity index (χ1v) is 6.01. The predicted molar refractivity (Wildman–Crippen MR) is 70.7 cm³/mol. The van der Waals surface area contributed by atoms with E-state index in [1.165, 1.54) is 0 Å². The third-order valence-corrected chi connectivity index (χ3v) is 2.89. The van der Waals surface area contributed by atoms with Crippen LogP contribution in [0, 0.1) is 6.92 Å². The van der Waals surface area contributed by atoms with Gasteiger partial charge in [-0.15, -0.1) is 0 Å². The van der Waals surface area contributed by atoms with Gasteiger partial charge in [-0.05, 0) is 37.6 Å². The van der Waals surface area contributed by atoms with Crippen molar-refractivity contribution in [3.05, 3.63) is 52.3 Å². The van der Waals surface area contributed by atoms with Crippen LogP contribution in [0.15, 0.2) is 30.6 Å². The molecule has 18 heavy (non-hydrogen) atoms. The normalized spacial score (nSPS) is 12.2. The number of nitrogens with zero attached hydrogens (tertiary/aromatic N) is 1. The van der Waals surface area contributed by atoms with E-state index < -0.39 is 0 Å². The lowest BCUT2D eigenvalue weighted by atomic mass is 10.1. The minimum atomic E-state index is -0.144. The third-order valence-electron chi connectivity index (χ3n) is 2.67. The number of amides is 1. The Kier molecular flexibility index (Phi) is 3.67. The van der Waals surface area contributed by atoms with Crippen molar-refractivity contribution in [2.45, 2.75) is 19.9 Å². The van der Waals surface area contributed by atoms with E-state index in [0.29, 0.717) is 10.6 Å². The quantitative estimate of drug-likeness (QED) is 0.895. The van der Waals surface area contributed by atoms with Crippen molar-refractivity contribution in [3.8, 4) is 0 Å². The van der Waals surface area contributed by atoms with E-state index >= 15 is 0 Å². The van der Waals surface area contributed by atoms with E-state index in [-0.39, 0.29) is 11.9 Å². The Morgan fingerprint density at radius 3 is 2.83 bits per heavy atom. The van der Waals surface area contributed by atoms with Gasteiger partial charge in [0.15, 0.2) is 0 Å². The first kappa shape index (κ1) is 12.6. The monoisotopic (exact) mass is 263 g/mol. The summed E-state index contributed by atoms with van der Waals surface area (Å²) in [4.78, 5) is 12.1. The SMILES string of the molecule is Cc1cc(Cl)cc(C(=O)NC(C)c2cn[nH]c2)c1. The second-order valence-corrected chi connectivity index (χ2v) is 4.68. The van der Waals surface area contributed by atoms with Crippen LogP contribution in [0.1, 0.15) is 34.5 Å². The van der Waals surface area contributed by atoms with E-state index in [9.17, 15) is 4.79 Å². The molecule has 1 atom stereocenters. The standard InChI is InChI=1S/C13H14ClN3O/c1-8-3-10(5-12(14)4-8)13(18)17-9(2)11-6-15-16-7-11/h3-7,9H,1-2H3,(H,15,16)(H,17,18). The molecule has 0 saturated carbocycles. The summed E-state index contributed by atoms with van der Waals surface area (Å²) >= 11 is 5.94. The molecule has 4 nitrogen and oxygen atoms in total. The average molecular weight is 264 g/mol. The Morgan fingerprint density at radius 2 is 2.22 bits per heavy atom. The molecule has 0 aliphatic carbocycles. The average Bonchev–Trinajstić information content (AvgIpc) is 2.80. The predicted octanol–water partition coefficient (Wildman–Crippen LogP) is 2.86. The van der Waals surface area contributed by atoms with Gasteiger partial charge in [0.05, 0.1) is 12.2 Å². The molecule has 5 heteroatoms. The topological polar surface area (TPSA) is 57.8 Å². The zero-order valence-corrected chi connectivity index (χ0v) is 11.0. The van der Waals surface area contributed by atoms with Crippen LogP contribution in [0.5, 0.6) is 0 Å². The Labute approximate surface area is 110 Å². The van der Waals surface area contributed by atoms with Crippen LogP contribution in [0.2, 0.25) is 5.02 Å². The van der Waals surface area contributed by atoms with Gasteiger partial charge in [-0.2, -0.15) is 5.10 Å². The number of nitrogens with one attached hydrogen (secondary N) is 2. The molecule has 94 valence electrons. The molecule has 0 saturated heterocycles. The smallest absolute Gasteiger partial charge is 0.251 e.